The summed E-state index contributed by atoms with van der Waals surface area (Å²) in [7, 11) is 1.51. The van der Waals surface area contributed by atoms with E-state index in [1.807, 2.05) is 32.0 Å². The molecule has 0 spiro atoms. The lowest BCUT2D eigenvalue weighted by Crippen LogP contribution is -2.52. The minimum atomic E-state index is -0.978. The molecule has 2 unspecified atom stereocenters. The van der Waals surface area contributed by atoms with Crippen molar-refractivity contribution in [1.82, 2.24) is 4.90 Å². The molecule has 1 aromatic rings. The fourth-order valence-corrected chi connectivity index (χ4v) is 3.62. The summed E-state index contributed by atoms with van der Waals surface area (Å²) in [5.41, 5.74) is 1.37. The van der Waals surface area contributed by atoms with E-state index in [1.54, 1.807) is 4.90 Å². The number of carboxylic acids is 1. The second kappa shape index (κ2) is 7.79. The van der Waals surface area contributed by atoms with Gasteiger partial charge in [0.2, 0.25) is 5.91 Å². The number of likely N-dealkylation sites (tertiary alicyclic amines) is 1. The number of amides is 1. The summed E-state index contributed by atoms with van der Waals surface area (Å²) in [6.07, 6.45) is 1.64. The molecule has 5 heteroatoms. The highest BCUT2D eigenvalue weighted by Gasteiger charge is 2.43. The highest BCUT2D eigenvalue weighted by atomic mass is 16.5. The highest BCUT2D eigenvalue weighted by Crippen LogP contribution is 2.32. The Morgan fingerprint density at radius 2 is 2.08 bits per heavy atom. The maximum absolute atomic E-state index is 12.7. The van der Waals surface area contributed by atoms with Gasteiger partial charge in [-0.25, -0.2) is 0 Å². The molecular formula is C19H27NO4. The lowest BCUT2D eigenvalue weighted by molar-refractivity contribution is -0.159. The molecule has 1 amide bonds. The number of ether oxygens (including phenoxy) is 1. The maximum Gasteiger partial charge on any atom is 0.313 e. The molecule has 132 valence electrons. The standard InChI is InChI=1S/C19H27NO4/c1-14-7-4-5-8-16(14)15(2)11-17(21)20-10-6-9-19(12-20,13-24-3)18(22)23/h4-5,7-8,15H,6,9-13H2,1-3H3,(H,22,23). The number of nitrogens with zero attached hydrogens (tertiary/aromatic N) is 1. The minimum Gasteiger partial charge on any atom is -0.481 e. The molecule has 1 heterocycles. The molecule has 1 N–H and O–H groups in total. The van der Waals surface area contributed by atoms with Crippen LogP contribution in [0.1, 0.15) is 43.2 Å². The smallest absolute Gasteiger partial charge is 0.313 e. The van der Waals surface area contributed by atoms with Crippen LogP contribution in [0, 0.1) is 12.3 Å². The number of methoxy groups -OCH3 is 1. The predicted octanol–water partition coefficient (Wildman–Crippen LogP) is 2.83. The van der Waals surface area contributed by atoms with Crippen LogP contribution >= 0.6 is 0 Å². The quantitative estimate of drug-likeness (QED) is 0.869. The van der Waals surface area contributed by atoms with Gasteiger partial charge in [-0.3, -0.25) is 9.59 Å². The first kappa shape index (κ1) is 18.5. The summed E-state index contributed by atoms with van der Waals surface area (Å²) in [6.45, 7) is 5.09. The first-order valence-corrected chi connectivity index (χ1v) is 8.45. The van der Waals surface area contributed by atoms with Crippen LogP contribution in [0.5, 0.6) is 0 Å². The highest BCUT2D eigenvalue weighted by molar-refractivity contribution is 5.80. The number of hydrogen-bond acceptors (Lipinski definition) is 3. The SMILES string of the molecule is COCC1(C(=O)O)CCCN(C(=O)CC(C)c2ccccc2C)C1. The molecule has 2 rings (SSSR count). The average molecular weight is 333 g/mol. The van der Waals surface area contributed by atoms with E-state index in [0.717, 1.165) is 0 Å². The number of carbonyl (C=O) groups excluding carboxylic acids is 1. The van der Waals surface area contributed by atoms with Crippen molar-refractivity contribution in [2.75, 3.05) is 26.8 Å². The fraction of sp³-hybridized carbons (Fsp3) is 0.579. The zero-order chi connectivity index (χ0) is 17.7. The number of carbonyl (C=O) groups is 2. The Morgan fingerprint density at radius 3 is 2.71 bits per heavy atom. The molecule has 0 saturated carbocycles. The summed E-state index contributed by atoms with van der Waals surface area (Å²) >= 11 is 0. The summed E-state index contributed by atoms with van der Waals surface area (Å²) in [6, 6.07) is 8.07. The van der Waals surface area contributed by atoms with Crippen molar-refractivity contribution in [1.29, 1.82) is 0 Å². The lowest BCUT2D eigenvalue weighted by atomic mass is 9.80. The third-order valence-corrected chi connectivity index (χ3v) is 5.00. The van der Waals surface area contributed by atoms with Gasteiger partial charge < -0.3 is 14.7 Å². The predicted molar refractivity (Wildman–Crippen MR) is 92.0 cm³/mol. The van der Waals surface area contributed by atoms with Crippen LogP contribution in [-0.4, -0.2) is 48.7 Å². The van der Waals surface area contributed by atoms with E-state index in [9.17, 15) is 14.7 Å². The van der Waals surface area contributed by atoms with Crippen LogP contribution in [-0.2, 0) is 14.3 Å². The lowest BCUT2D eigenvalue weighted by Gasteiger charge is -2.39. The normalized spacial score (nSPS) is 22.2. The Labute approximate surface area is 143 Å². The Balaban J connectivity index is 2.06. The molecular weight excluding hydrogens is 306 g/mol. The molecule has 1 saturated heterocycles. The maximum atomic E-state index is 12.7. The van der Waals surface area contributed by atoms with Crippen molar-refractivity contribution in [3.05, 3.63) is 35.4 Å². The van der Waals surface area contributed by atoms with Crippen LogP contribution in [0.4, 0.5) is 0 Å². The Hall–Kier alpha value is -1.88. The van der Waals surface area contributed by atoms with Gasteiger partial charge >= 0.3 is 5.97 Å². The Morgan fingerprint density at radius 1 is 1.38 bits per heavy atom. The number of aryl methyl sites for hydroxylation is 1. The van der Waals surface area contributed by atoms with E-state index in [0.29, 0.717) is 25.8 Å². The topological polar surface area (TPSA) is 66.8 Å². The van der Waals surface area contributed by atoms with E-state index in [4.69, 9.17) is 4.74 Å². The van der Waals surface area contributed by atoms with E-state index in [2.05, 4.69) is 6.07 Å². The third-order valence-electron chi connectivity index (χ3n) is 5.00. The molecule has 24 heavy (non-hydrogen) atoms. The van der Waals surface area contributed by atoms with Crippen molar-refractivity contribution in [2.45, 2.75) is 39.0 Å². The monoisotopic (exact) mass is 333 g/mol. The number of piperidine rings is 1. The van der Waals surface area contributed by atoms with Crippen LogP contribution in [0.25, 0.3) is 0 Å². The fourth-order valence-electron chi connectivity index (χ4n) is 3.62. The van der Waals surface area contributed by atoms with Gasteiger partial charge in [-0.15, -0.1) is 0 Å². The summed E-state index contributed by atoms with van der Waals surface area (Å²) in [4.78, 5) is 26.1. The molecule has 2 atom stereocenters. The zero-order valence-electron chi connectivity index (χ0n) is 14.7. The first-order valence-electron chi connectivity index (χ1n) is 8.45. The molecule has 1 aliphatic rings. The van der Waals surface area contributed by atoms with Crippen molar-refractivity contribution >= 4 is 11.9 Å². The van der Waals surface area contributed by atoms with Crippen molar-refractivity contribution in [3.8, 4) is 0 Å². The average Bonchev–Trinajstić information content (AvgIpc) is 2.55. The number of aliphatic carboxylic acids is 1. The molecule has 1 aliphatic heterocycles. The number of hydrogen-bond donors (Lipinski definition) is 1. The second-order valence-corrected chi connectivity index (χ2v) is 6.90. The molecule has 0 radical (unpaired) electrons. The van der Waals surface area contributed by atoms with Gasteiger partial charge in [0.1, 0.15) is 5.41 Å². The van der Waals surface area contributed by atoms with Crippen LogP contribution in [0.15, 0.2) is 24.3 Å². The van der Waals surface area contributed by atoms with Gasteiger partial charge in [0.05, 0.1) is 6.61 Å². The summed E-state index contributed by atoms with van der Waals surface area (Å²) in [5, 5.41) is 9.60. The van der Waals surface area contributed by atoms with E-state index in [1.165, 1.54) is 18.2 Å². The Kier molecular flexibility index (Phi) is 5.99. The first-order chi connectivity index (χ1) is 11.4. The van der Waals surface area contributed by atoms with Gasteiger partial charge in [-0.1, -0.05) is 31.2 Å². The van der Waals surface area contributed by atoms with Crippen molar-refractivity contribution < 1.29 is 19.4 Å². The molecule has 0 bridgehead atoms. The van der Waals surface area contributed by atoms with Crippen LogP contribution in [0.2, 0.25) is 0 Å². The molecule has 5 nitrogen and oxygen atoms in total. The van der Waals surface area contributed by atoms with Gasteiger partial charge in [0.25, 0.3) is 0 Å². The number of benzene rings is 1. The molecule has 1 fully saturated rings. The van der Waals surface area contributed by atoms with Crippen molar-refractivity contribution in [3.63, 3.8) is 0 Å². The summed E-state index contributed by atoms with van der Waals surface area (Å²) < 4.78 is 5.12. The zero-order valence-corrected chi connectivity index (χ0v) is 14.7. The van der Waals surface area contributed by atoms with Crippen LogP contribution < -0.4 is 0 Å². The molecule has 1 aromatic carbocycles. The molecule has 0 aliphatic carbocycles. The van der Waals surface area contributed by atoms with E-state index < -0.39 is 11.4 Å². The third kappa shape index (κ3) is 3.96. The van der Waals surface area contributed by atoms with Gasteiger partial charge in [-0.05, 0) is 36.8 Å². The number of rotatable bonds is 6. The van der Waals surface area contributed by atoms with Crippen LogP contribution in [0.3, 0.4) is 0 Å². The summed E-state index contributed by atoms with van der Waals surface area (Å²) in [5.74, 6) is -0.747. The van der Waals surface area contributed by atoms with E-state index in [-0.39, 0.29) is 25.0 Å². The number of carboxylic acid groups (broad SMARTS) is 1. The largest absolute Gasteiger partial charge is 0.481 e. The van der Waals surface area contributed by atoms with Gasteiger partial charge in [0.15, 0.2) is 0 Å². The van der Waals surface area contributed by atoms with Gasteiger partial charge in [0, 0.05) is 26.6 Å². The Bertz CT molecular complexity index is 597. The second-order valence-electron chi connectivity index (χ2n) is 6.90. The van der Waals surface area contributed by atoms with Gasteiger partial charge in [-0.2, -0.15) is 0 Å². The molecule has 0 aromatic heterocycles. The van der Waals surface area contributed by atoms with E-state index >= 15 is 0 Å². The van der Waals surface area contributed by atoms with Crippen molar-refractivity contribution in [2.24, 2.45) is 5.41 Å². The minimum absolute atomic E-state index is 0.0205.